The zero-order valence-electron chi connectivity index (χ0n) is 13.6. The number of carbonyl (C=O) groups is 1. The Balaban J connectivity index is 1.49. The summed E-state index contributed by atoms with van der Waals surface area (Å²) in [5.41, 5.74) is 0.858. The highest BCUT2D eigenvalue weighted by Crippen LogP contribution is 2.21. The van der Waals surface area contributed by atoms with Crippen molar-refractivity contribution < 1.29 is 9.18 Å². The van der Waals surface area contributed by atoms with Crippen molar-refractivity contribution in [2.45, 2.75) is 32.7 Å². The molecule has 5 heteroatoms. The summed E-state index contributed by atoms with van der Waals surface area (Å²) in [5.74, 6) is 1.83. The summed E-state index contributed by atoms with van der Waals surface area (Å²) in [6, 6.07) is 6.14. The van der Waals surface area contributed by atoms with Crippen molar-refractivity contribution >= 4 is 5.91 Å². The standard InChI is InChI=1S/C18H22FN3O/c1-13(2)18-20-7-8-21(18)10-15-11-22(12-15)17(23)9-14-3-5-16(19)6-4-14/h3-8,13,15H,9-12H2,1-2H3. The van der Waals surface area contributed by atoms with E-state index < -0.39 is 0 Å². The normalized spacial score (nSPS) is 15.0. The highest BCUT2D eigenvalue weighted by molar-refractivity contribution is 5.79. The first-order valence-corrected chi connectivity index (χ1v) is 8.06. The lowest BCUT2D eigenvalue weighted by Gasteiger charge is -2.40. The first-order valence-electron chi connectivity index (χ1n) is 8.06. The van der Waals surface area contributed by atoms with E-state index >= 15 is 0 Å². The third kappa shape index (κ3) is 3.60. The second-order valence-electron chi connectivity index (χ2n) is 6.56. The summed E-state index contributed by atoms with van der Waals surface area (Å²) < 4.78 is 15.1. The SMILES string of the molecule is CC(C)c1nccn1CC1CN(C(=O)Cc2ccc(F)cc2)C1. The van der Waals surface area contributed by atoms with Crippen molar-refractivity contribution in [2.75, 3.05) is 13.1 Å². The molecule has 0 unspecified atom stereocenters. The van der Waals surface area contributed by atoms with Crippen LogP contribution in [0.1, 0.15) is 31.2 Å². The third-order valence-electron chi connectivity index (χ3n) is 4.30. The lowest BCUT2D eigenvalue weighted by molar-refractivity contribution is -0.137. The molecule has 0 N–H and O–H groups in total. The van der Waals surface area contributed by atoms with Gasteiger partial charge in [0.05, 0.1) is 6.42 Å². The van der Waals surface area contributed by atoms with E-state index in [0.29, 0.717) is 18.3 Å². The highest BCUT2D eigenvalue weighted by Gasteiger charge is 2.31. The Morgan fingerprint density at radius 1 is 1.30 bits per heavy atom. The van der Waals surface area contributed by atoms with Gasteiger partial charge < -0.3 is 9.47 Å². The predicted molar refractivity (Wildman–Crippen MR) is 86.5 cm³/mol. The summed E-state index contributed by atoms with van der Waals surface area (Å²) in [6.07, 6.45) is 4.19. The fourth-order valence-electron chi connectivity index (χ4n) is 3.03. The lowest BCUT2D eigenvalue weighted by atomic mass is 9.98. The van der Waals surface area contributed by atoms with E-state index in [4.69, 9.17) is 0 Å². The van der Waals surface area contributed by atoms with Gasteiger partial charge in [-0.25, -0.2) is 9.37 Å². The van der Waals surface area contributed by atoms with Crippen molar-refractivity contribution in [1.29, 1.82) is 0 Å². The molecule has 0 aliphatic carbocycles. The van der Waals surface area contributed by atoms with Crippen molar-refractivity contribution in [3.63, 3.8) is 0 Å². The molecule has 0 saturated carbocycles. The van der Waals surface area contributed by atoms with Crippen LogP contribution in [0, 0.1) is 11.7 Å². The van der Waals surface area contributed by atoms with E-state index in [1.54, 1.807) is 12.1 Å². The van der Waals surface area contributed by atoms with E-state index in [9.17, 15) is 9.18 Å². The molecule has 1 fully saturated rings. The van der Waals surface area contributed by atoms with Crippen LogP contribution in [0.25, 0.3) is 0 Å². The quantitative estimate of drug-likeness (QED) is 0.851. The topological polar surface area (TPSA) is 38.1 Å². The van der Waals surface area contributed by atoms with Crippen molar-refractivity contribution in [1.82, 2.24) is 14.5 Å². The van der Waals surface area contributed by atoms with E-state index in [2.05, 4.69) is 23.4 Å². The molecular formula is C18H22FN3O. The van der Waals surface area contributed by atoms with E-state index in [0.717, 1.165) is 31.0 Å². The molecule has 3 rings (SSSR count). The largest absolute Gasteiger partial charge is 0.342 e. The monoisotopic (exact) mass is 315 g/mol. The van der Waals surface area contributed by atoms with Gasteiger partial charge in [0.25, 0.3) is 0 Å². The Bertz CT molecular complexity index is 672. The second-order valence-corrected chi connectivity index (χ2v) is 6.56. The molecule has 0 bridgehead atoms. The smallest absolute Gasteiger partial charge is 0.227 e. The Hall–Kier alpha value is -2.17. The van der Waals surface area contributed by atoms with Crippen LogP contribution in [-0.4, -0.2) is 33.4 Å². The molecule has 0 atom stereocenters. The van der Waals surface area contributed by atoms with Gasteiger partial charge >= 0.3 is 0 Å². The van der Waals surface area contributed by atoms with Crippen molar-refractivity contribution in [3.8, 4) is 0 Å². The Morgan fingerprint density at radius 2 is 2.00 bits per heavy atom. The Morgan fingerprint density at radius 3 is 2.65 bits per heavy atom. The number of benzene rings is 1. The van der Waals surface area contributed by atoms with Gasteiger partial charge in [-0.15, -0.1) is 0 Å². The maximum atomic E-state index is 12.9. The zero-order valence-corrected chi connectivity index (χ0v) is 13.6. The Labute approximate surface area is 135 Å². The summed E-state index contributed by atoms with van der Waals surface area (Å²) in [4.78, 5) is 18.5. The van der Waals surface area contributed by atoms with Gasteiger partial charge in [0.1, 0.15) is 11.6 Å². The molecule has 1 amide bonds. The fraction of sp³-hybridized carbons (Fsp3) is 0.444. The summed E-state index contributed by atoms with van der Waals surface area (Å²) in [5, 5.41) is 0. The highest BCUT2D eigenvalue weighted by atomic mass is 19.1. The van der Waals surface area contributed by atoms with Gasteiger partial charge in [-0.1, -0.05) is 26.0 Å². The maximum absolute atomic E-state index is 12.9. The lowest BCUT2D eigenvalue weighted by Crippen LogP contribution is -2.52. The van der Waals surface area contributed by atoms with E-state index in [1.807, 2.05) is 17.3 Å². The fourth-order valence-corrected chi connectivity index (χ4v) is 3.03. The van der Waals surface area contributed by atoms with Gasteiger partial charge in [-0.3, -0.25) is 4.79 Å². The molecule has 1 aromatic carbocycles. The minimum absolute atomic E-state index is 0.113. The minimum atomic E-state index is -0.272. The first kappa shape index (κ1) is 15.7. The molecule has 23 heavy (non-hydrogen) atoms. The number of imidazole rings is 1. The number of nitrogens with zero attached hydrogens (tertiary/aromatic N) is 3. The van der Waals surface area contributed by atoms with Gasteiger partial charge in [-0.2, -0.15) is 0 Å². The molecular weight excluding hydrogens is 293 g/mol. The van der Waals surface area contributed by atoms with Gasteiger partial charge in [0.2, 0.25) is 5.91 Å². The van der Waals surface area contributed by atoms with Crippen molar-refractivity contribution in [2.24, 2.45) is 5.92 Å². The van der Waals surface area contributed by atoms with Crippen LogP contribution < -0.4 is 0 Å². The molecule has 2 aromatic rings. The van der Waals surface area contributed by atoms with Crippen LogP contribution in [0.2, 0.25) is 0 Å². The number of aromatic nitrogens is 2. The average Bonchev–Trinajstić information content (AvgIpc) is 2.93. The number of hydrogen-bond acceptors (Lipinski definition) is 2. The van der Waals surface area contributed by atoms with Crippen LogP contribution >= 0.6 is 0 Å². The van der Waals surface area contributed by atoms with E-state index in [-0.39, 0.29) is 11.7 Å². The van der Waals surface area contributed by atoms with Crippen LogP contribution in [0.4, 0.5) is 4.39 Å². The molecule has 0 radical (unpaired) electrons. The van der Waals surface area contributed by atoms with Crippen LogP contribution in [-0.2, 0) is 17.8 Å². The molecule has 122 valence electrons. The minimum Gasteiger partial charge on any atom is -0.342 e. The number of rotatable bonds is 5. The number of hydrogen-bond donors (Lipinski definition) is 0. The average molecular weight is 315 g/mol. The summed E-state index contributed by atoms with van der Waals surface area (Å²) >= 11 is 0. The molecule has 4 nitrogen and oxygen atoms in total. The van der Waals surface area contributed by atoms with Gasteiger partial charge in [0.15, 0.2) is 0 Å². The van der Waals surface area contributed by atoms with Crippen molar-refractivity contribution in [3.05, 3.63) is 53.9 Å². The molecule has 1 aliphatic rings. The molecule has 1 aromatic heterocycles. The van der Waals surface area contributed by atoms with Crippen LogP contribution in [0.15, 0.2) is 36.7 Å². The second kappa shape index (κ2) is 6.52. The molecule has 1 saturated heterocycles. The number of carbonyl (C=O) groups excluding carboxylic acids is 1. The number of amides is 1. The number of halogens is 1. The number of likely N-dealkylation sites (tertiary alicyclic amines) is 1. The summed E-state index contributed by atoms with van der Waals surface area (Å²) in [6.45, 7) is 6.76. The maximum Gasteiger partial charge on any atom is 0.227 e. The molecule has 0 spiro atoms. The summed E-state index contributed by atoms with van der Waals surface area (Å²) in [7, 11) is 0. The first-order chi connectivity index (χ1) is 11.0. The van der Waals surface area contributed by atoms with Crippen LogP contribution in [0.3, 0.4) is 0 Å². The molecule has 1 aliphatic heterocycles. The van der Waals surface area contributed by atoms with Crippen LogP contribution in [0.5, 0.6) is 0 Å². The van der Waals surface area contributed by atoms with E-state index in [1.165, 1.54) is 12.1 Å². The predicted octanol–water partition coefficient (Wildman–Crippen LogP) is 2.85. The van der Waals surface area contributed by atoms with Gasteiger partial charge in [-0.05, 0) is 17.7 Å². The Kier molecular flexibility index (Phi) is 4.46. The van der Waals surface area contributed by atoms with Gasteiger partial charge in [0, 0.05) is 43.9 Å². The third-order valence-corrected chi connectivity index (χ3v) is 4.30. The zero-order chi connectivity index (χ0) is 16.4. The molecule has 2 heterocycles.